The molecule has 1 aliphatic heterocycles. The van der Waals surface area contributed by atoms with E-state index < -0.39 is 5.41 Å². The molecule has 0 radical (unpaired) electrons. The third-order valence-corrected chi connectivity index (χ3v) is 5.30. The average molecular weight is 380 g/mol. The second-order valence-corrected chi connectivity index (χ2v) is 8.06. The largest absolute Gasteiger partial charge is 0.351 e. The highest BCUT2D eigenvalue weighted by atomic mass is 16.2. The van der Waals surface area contributed by atoms with Crippen molar-refractivity contribution >= 4 is 17.6 Å². The number of carbonyl (C=O) groups is 2. The number of nitrogens with one attached hydrogen (secondary N) is 2. The first-order valence-corrected chi connectivity index (χ1v) is 9.82. The molecule has 0 aliphatic carbocycles. The minimum atomic E-state index is -0.576. The number of anilines is 1. The quantitative estimate of drug-likeness (QED) is 0.834. The Morgan fingerprint density at radius 2 is 1.75 bits per heavy atom. The number of rotatable bonds is 4. The number of aryl methyl sites for hydroxylation is 2. The van der Waals surface area contributed by atoms with Crippen molar-refractivity contribution in [1.82, 2.24) is 10.2 Å². The van der Waals surface area contributed by atoms with Crippen LogP contribution in [0.5, 0.6) is 0 Å². The lowest BCUT2D eigenvalue weighted by atomic mass is 9.81. The Bertz CT molecular complexity index is 830. The van der Waals surface area contributed by atoms with E-state index in [9.17, 15) is 9.59 Å². The average Bonchev–Trinajstić information content (AvgIpc) is 2.66. The molecule has 2 aromatic rings. The number of hydrogen-bond acceptors (Lipinski definition) is 2. The van der Waals surface area contributed by atoms with Crippen LogP contribution in [0.15, 0.2) is 48.5 Å². The smallest absolute Gasteiger partial charge is 0.321 e. The molecule has 2 aromatic carbocycles. The zero-order chi connectivity index (χ0) is 20.1. The van der Waals surface area contributed by atoms with E-state index in [4.69, 9.17) is 0 Å². The Balaban J connectivity index is 1.61. The van der Waals surface area contributed by atoms with Crippen LogP contribution in [-0.4, -0.2) is 29.9 Å². The van der Waals surface area contributed by atoms with Crippen molar-refractivity contribution in [2.75, 3.05) is 18.4 Å². The monoisotopic (exact) mass is 379 g/mol. The fraction of sp³-hybridized carbons (Fsp3) is 0.391. The summed E-state index contributed by atoms with van der Waals surface area (Å²) < 4.78 is 0. The van der Waals surface area contributed by atoms with Gasteiger partial charge in [0.25, 0.3) is 0 Å². The molecular weight excluding hydrogens is 350 g/mol. The molecule has 1 saturated heterocycles. The maximum absolute atomic E-state index is 12.8. The summed E-state index contributed by atoms with van der Waals surface area (Å²) in [5.74, 6) is 0.000234. The number of hydrogen-bond donors (Lipinski definition) is 2. The van der Waals surface area contributed by atoms with E-state index in [0.29, 0.717) is 19.6 Å². The molecule has 1 aliphatic rings. The highest BCUT2D eigenvalue weighted by molar-refractivity contribution is 5.90. The van der Waals surface area contributed by atoms with Gasteiger partial charge in [0.05, 0.1) is 5.41 Å². The lowest BCUT2D eigenvalue weighted by molar-refractivity contribution is -0.132. The molecule has 0 bridgehead atoms. The summed E-state index contributed by atoms with van der Waals surface area (Å²) in [6.07, 6.45) is 1.59. The molecule has 5 heteroatoms. The molecule has 1 atom stereocenters. The van der Waals surface area contributed by atoms with Crippen molar-refractivity contribution in [3.63, 3.8) is 0 Å². The summed E-state index contributed by atoms with van der Waals surface area (Å²) >= 11 is 0. The molecule has 0 aromatic heterocycles. The third kappa shape index (κ3) is 4.91. The van der Waals surface area contributed by atoms with Crippen molar-refractivity contribution in [3.8, 4) is 0 Å². The summed E-state index contributed by atoms with van der Waals surface area (Å²) in [6, 6.07) is 15.7. The predicted octanol–water partition coefficient (Wildman–Crippen LogP) is 4.25. The molecule has 0 unspecified atom stereocenters. The van der Waals surface area contributed by atoms with Gasteiger partial charge in [0, 0.05) is 25.3 Å². The summed E-state index contributed by atoms with van der Waals surface area (Å²) in [5, 5.41) is 6.02. The maximum atomic E-state index is 12.8. The second kappa shape index (κ2) is 8.46. The van der Waals surface area contributed by atoms with Crippen molar-refractivity contribution in [2.45, 2.75) is 40.2 Å². The Morgan fingerprint density at radius 1 is 1.07 bits per heavy atom. The Hall–Kier alpha value is -2.82. The van der Waals surface area contributed by atoms with Crippen LogP contribution in [0.1, 0.15) is 36.5 Å². The van der Waals surface area contributed by atoms with Gasteiger partial charge in [-0.05, 0) is 62.4 Å². The predicted molar refractivity (Wildman–Crippen MR) is 112 cm³/mol. The van der Waals surface area contributed by atoms with Crippen LogP contribution in [-0.2, 0) is 11.3 Å². The molecule has 1 fully saturated rings. The Morgan fingerprint density at radius 3 is 2.43 bits per heavy atom. The van der Waals surface area contributed by atoms with Gasteiger partial charge in [-0.15, -0.1) is 0 Å². The van der Waals surface area contributed by atoms with Crippen LogP contribution in [0.4, 0.5) is 10.5 Å². The van der Waals surface area contributed by atoms with Gasteiger partial charge in [0.2, 0.25) is 5.91 Å². The van der Waals surface area contributed by atoms with Gasteiger partial charge in [0.1, 0.15) is 0 Å². The molecule has 3 rings (SSSR count). The maximum Gasteiger partial charge on any atom is 0.321 e. The molecule has 5 nitrogen and oxygen atoms in total. The van der Waals surface area contributed by atoms with E-state index >= 15 is 0 Å². The van der Waals surface area contributed by atoms with Crippen LogP contribution in [0.3, 0.4) is 0 Å². The van der Waals surface area contributed by atoms with E-state index in [1.165, 1.54) is 0 Å². The van der Waals surface area contributed by atoms with E-state index in [2.05, 4.69) is 16.7 Å². The van der Waals surface area contributed by atoms with E-state index in [1.54, 1.807) is 4.90 Å². The summed E-state index contributed by atoms with van der Waals surface area (Å²) in [5.41, 5.74) is 3.51. The first-order valence-electron chi connectivity index (χ1n) is 9.82. The molecule has 0 saturated carbocycles. The minimum Gasteiger partial charge on any atom is -0.351 e. The Labute approximate surface area is 167 Å². The molecular formula is C23H29N3O2. The third-order valence-electron chi connectivity index (χ3n) is 5.30. The van der Waals surface area contributed by atoms with Gasteiger partial charge in [0.15, 0.2) is 0 Å². The van der Waals surface area contributed by atoms with Gasteiger partial charge in [-0.1, -0.05) is 36.4 Å². The number of nitrogens with zero attached hydrogens (tertiary/aromatic N) is 1. The van der Waals surface area contributed by atoms with Crippen molar-refractivity contribution in [3.05, 3.63) is 65.2 Å². The number of carbonyl (C=O) groups excluding carboxylic acids is 2. The SMILES string of the molecule is Cc1cc(C)cc(NC(=O)N2CCC[C@@](C)(C(=O)NCc3ccccc3)C2)c1. The first-order chi connectivity index (χ1) is 13.4. The lowest BCUT2D eigenvalue weighted by Gasteiger charge is -2.39. The molecule has 3 amide bonds. The van der Waals surface area contributed by atoms with Gasteiger partial charge >= 0.3 is 6.03 Å². The van der Waals surface area contributed by atoms with Gasteiger partial charge in [-0.25, -0.2) is 4.79 Å². The van der Waals surface area contributed by atoms with Crippen LogP contribution in [0.2, 0.25) is 0 Å². The summed E-state index contributed by atoms with van der Waals surface area (Å²) in [4.78, 5) is 27.4. The van der Waals surface area contributed by atoms with Crippen molar-refractivity contribution in [2.24, 2.45) is 5.41 Å². The summed E-state index contributed by atoms with van der Waals surface area (Å²) in [7, 11) is 0. The van der Waals surface area contributed by atoms with Crippen LogP contribution >= 0.6 is 0 Å². The lowest BCUT2D eigenvalue weighted by Crippen LogP contribution is -2.52. The number of benzene rings is 2. The summed E-state index contributed by atoms with van der Waals surface area (Å²) in [6.45, 7) is 7.56. The number of likely N-dealkylation sites (tertiary alicyclic amines) is 1. The molecule has 2 N–H and O–H groups in total. The zero-order valence-corrected chi connectivity index (χ0v) is 16.9. The topological polar surface area (TPSA) is 61.4 Å². The normalized spacial score (nSPS) is 19.2. The molecule has 148 valence electrons. The van der Waals surface area contributed by atoms with Crippen LogP contribution in [0.25, 0.3) is 0 Å². The van der Waals surface area contributed by atoms with Gasteiger partial charge in [-0.2, -0.15) is 0 Å². The standard InChI is InChI=1S/C23H29N3O2/c1-17-12-18(2)14-20(13-17)25-22(28)26-11-7-10-23(3,16-26)21(27)24-15-19-8-5-4-6-9-19/h4-6,8-9,12-14H,7,10-11,15-16H2,1-3H3,(H,24,27)(H,25,28)/t23-/m1/s1. The fourth-order valence-corrected chi connectivity index (χ4v) is 3.84. The highest BCUT2D eigenvalue weighted by Crippen LogP contribution is 2.30. The molecule has 1 heterocycles. The fourth-order valence-electron chi connectivity index (χ4n) is 3.84. The van der Waals surface area contributed by atoms with E-state index in [-0.39, 0.29) is 11.9 Å². The van der Waals surface area contributed by atoms with Crippen LogP contribution in [0, 0.1) is 19.3 Å². The van der Waals surface area contributed by atoms with Crippen molar-refractivity contribution < 1.29 is 9.59 Å². The second-order valence-electron chi connectivity index (χ2n) is 8.06. The van der Waals surface area contributed by atoms with E-state index in [0.717, 1.165) is 35.2 Å². The Kier molecular flexibility index (Phi) is 6.02. The zero-order valence-electron chi connectivity index (χ0n) is 16.9. The number of piperidine rings is 1. The van der Waals surface area contributed by atoms with Crippen molar-refractivity contribution in [1.29, 1.82) is 0 Å². The minimum absolute atomic E-state index is 0.000234. The number of amides is 3. The van der Waals surface area contributed by atoms with Crippen LogP contribution < -0.4 is 10.6 Å². The van der Waals surface area contributed by atoms with Gasteiger partial charge in [-0.3, -0.25) is 4.79 Å². The highest BCUT2D eigenvalue weighted by Gasteiger charge is 2.39. The first kappa shape index (κ1) is 19.9. The molecule has 28 heavy (non-hydrogen) atoms. The molecule has 0 spiro atoms. The number of urea groups is 1. The van der Waals surface area contributed by atoms with Gasteiger partial charge < -0.3 is 15.5 Å². The van der Waals surface area contributed by atoms with E-state index in [1.807, 2.05) is 63.2 Å².